The third-order valence-electron chi connectivity index (χ3n) is 4.59. The Morgan fingerprint density at radius 2 is 1.42 bits per heavy atom. The quantitative estimate of drug-likeness (QED) is 0.464. The average Bonchev–Trinajstić information content (AvgIpc) is 2.78. The molecule has 5 nitrogen and oxygen atoms in total. The van der Waals surface area contributed by atoms with Gasteiger partial charge in [-0.05, 0) is 60.7 Å². The number of carbonyl (C=O) groups is 2. The van der Waals surface area contributed by atoms with Gasteiger partial charge in [0.2, 0.25) is 0 Å². The van der Waals surface area contributed by atoms with E-state index in [1.807, 2.05) is 0 Å². The molecule has 0 saturated carbocycles. The first kappa shape index (κ1) is 20.2. The van der Waals surface area contributed by atoms with E-state index >= 15 is 0 Å². The van der Waals surface area contributed by atoms with Gasteiger partial charge < -0.3 is 5.32 Å². The van der Waals surface area contributed by atoms with E-state index in [2.05, 4.69) is 15.3 Å². The highest BCUT2D eigenvalue weighted by Gasteiger charge is 2.30. The molecule has 0 aliphatic heterocycles. The van der Waals surface area contributed by atoms with Crippen molar-refractivity contribution in [3.8, 4) is 0 Å². The molecule has 1 heterocycles. The van der Waals surface area contributed by atoms with Crippen LogP contribution >= 0.6 is 0 Å². The number of carbonyl (C=O) groups excluding carboxylic acids is 2. The van der Waals surface area contributed by atoms with Gasteiger partial charge in [0, 0.05) is 34.8 Å². The van der Waals surface area contributed by atoms with Crippen LogP contribution in [-0.4, -0.2) is 21.7 Å². The molecule has 4 rings (SSSR count). The number of ketones is 1. The molecule has 0 unspecified atom stereocenters. The standard InChI is InChI=1S/C23H14F3N3O2/c24-23(25,26)17-3-1-2-16(12-17)22(31)29-18-7-4-14(5-8-18)21(30)15-6-9-19-20(13-15)28-11-10-27-19/h1-13H,(H,29,31). The molecule has 0 aliphatic rings. The number of fused-ring (bicyclic) bond motifs is 1. The lowest BCUT2D eigenvalue weighted by Crippen LogP contribution is -2.14. The third-order valence-corrected chi connectivity index (χ3v) is 4.59. The van der Waals surface area contributed by atoms with Gasteiger partial charge >= 0.3 is 6.18 Å². The summed E-state index contributed by atoms with van der Waals surface area (Å²) in [6.07, 6.45) is -1.43. The molecule has 1 aromatic heterocycles. The molecule has 0 radical (unpaired) electrons. The average molecular weight is 421 g/mol. The molecular weight excluding hydrogens is 407 g/mol. The highest BCUT2D eigenvalue weighted by Crippen LogP contribution is 2.29. The zero-order valence-corrected chi connectivity index (χ0v) is 15.9. The SMILES string of the molecule is O=C(Nc1ccc(C(=O)c2ccc3nccnc3c2)cc1)c1cccc(C(F)(F)F)c1. The van der Waals surface area contributed by atoms with E-state index < -0.39 is 17.6 Å². The summed E-state index contributed by atoms with van der Waals surface area (Å²) < 4.78 is 38.5. The van der Waals surface area contributed by atoms with Crippen LogP contribution in [0.4, 0.5) is 18.9 Å². The zero-order chi connectivity index (χ0) is 22.0. The molecule has 1 amide bonds. The molecule has 3 aromatic carbocycles. The molecule has 0 atom stereocenters. The van der Waals surface area contributed by atoms with Crippen molar-refractivity contribution in [2.75, 3.05) is 5.32 Å². The van der Waals surface area contributed by atoms with Gasteiger partial charge in [-0.15, -0.1) is 0 Å². The van der Waals surface area contributed by atoms with E-state index in [0.717, 1.165) is 12.1 Å². The van der Waals surface area contributed by atoms with E-state index in [4.69, 9.17) is 0 Å². The Bertz CT molecular complexity index is 1290. The van der Waals surface area contributed by atoms with Gasteiger partial charge in [0.05, 0.1) is 16.6 Å². The fourth-order valence-corrected chi connectivity index (χ4v) is 3.02. The number of rotatable bonds is 4. The van der Waals surface area contributed by atoms with Crippen LogP contribution in [0.1, 0.15) is 31.8 Å². The summed E-state index contributed by atoms with van der Waals surface area (Å²) in [5, 5.41) is 2.53. The second-order valence-electron chi connectivity index (χ2n) is 6.70. The summed E-state index contributed by atoms with van der Waals surface area (Å²) in [6, 6.07) is 15.3. The topological polar surface area (TPSA) is 72.0 Å². The van der Waals surface area contributed by atoms with E-state index in [1.54, 1.807) is 30.6 Å². The second kappa shape index (κ2) is 7.98. The molecule has 154 valence electrons. The number of hydrogen-bond acceptors (Lipinski definition) is 4. The lowest BCUT2D eigenvalue weighted by Gasteiger charge is -2.10. The first-order chi connectivity index (χ1) is 14.8. The maximum Gasteiger partial charge on any atom is 0.416 e. The molecule has 0 saturated heterocycles. The van der Waals surface area contributed by atoms with E-state index in [-0.39, 0.29) is 11.3 Å². The van der Waals surface area contributed by atoms with Crippen LogP contribution in [0, 0.1) is 0 Å². The number of benzene rings is 3. The molecule has 8 heteroatoms. The number of anilines is 1. The van der Waals surface area contributed by atoms with E-state index in [1.165, 1.54) is 36.4 Å². The highest BCUT2D eigenvalue weighted by molar-refractivity contribution is 6.10. The highest BCUT2D eigenvalue weighted by atomic mass is 19.4. The molecule has 1 N–H and O–H groups in total. The molecule has 0 bridgehead atoms. The first-order valence-electron chi connectivity index (χ1n) is 9.15. The minimum absolute atomic E-state index is 0.118. The molecule has 0 aliphatic carbocycles. The van der Waals surface area contributed by atoms with E-state index in [0.29, 0.717) is 27.8 Å². The predicted molar refractivity (Wildman–Crippen MR) is 109 cm³/mol. The van der Waals surface area contributed by atoms with Crippen molar-refractivity contribution in [2.24, 2.45) is 0 Å². The van der Waals surface area contributed by atoms with Crippen LogP contribution in [-0.2, 0) is 6.18 Å². The number of alkyl halides is 3. The van der Waals surface area contributed by atoms with Crippen molar-refractivity contribution in [2.45, 2.75) is 6.18 Å². The number of amides is 1. The van der Waals surface area contributed by atoms with Gasteiger partial charge in [-0.3, -0.25) is 19.6 Å². The van der Waals surface area contributed by atoms with Gasteiger partial charge in [-0.1, -0.05) is 6.07 Å². The van der Waals surface area contributed by atoms with Gasteiger partial charge in [-0.25, -0.2) is 0 Å². The summed E-state index contributed by atoms with van der Waals surface area (Å²) in [5.74, 6) is -0.915. The van der Waals surface area contributed by atoms with Crippen molar-refractivity contribution >= 4 is 28.4 Å². The largest absolute Gasteiger partial charge is 0.416 e. The lowest BCUT2D eigenvalue weighted by atomic mass is 10.0. The van der Waals surface area contributed by atoms with Crippen LogP contribution in [0.15, 0.2) is 79.1 Å². The van der Waals surface area contributed by atoms with Gasteiger partial charge in [-0.2, -0.15) is 13.2 Å². The fourth-order valence-electron chi connectivity index (χ4n) is 3.02. The summed E-state index contributed by atoms with van der Waals surface area (Å²) in [6.45, 7) is 0. The third kappa shape index (κ3) is 4.42. The van der Waals surface area contributed by atoms with Crippen LogP contribution < -0.4 is 5.32 Å². The Hall–Kier alpha value is -4.07. The maximum absolute atomic E-state index is 12.8. The monoisotopic (exact) mass is 421 g/mol. The maximum atomic E-state index is 12.8. The van der Waals surface area contributed by atoms with Crippen molar-refractivity contribution < 1.29 is 22.8 Å². The minimum Gasteiger partial charge on any atom is -0.322 e. The number of nitrogens with zero attached hydrogens (tertiary/aromatic N) is 2. The Morgan fingerprint density at radius 1 is 0.742 bits per heavy atom. The Labute approximate surface area is 174 Å². The molecule has 0 fully saturated rings. The number of halogens is 3. The van der Waals surface area contributed by atoms with Crippen LogP contribution in [0.3, 0.4) is 0 Å². The summed E-state index contributed by atoms with van der Waals surface area (Å²) in [5.41, 5.74) is 1.43. The number of aromatic nitrogens is 2. The van der Waals surface area contributed by atoms with Gasteiger partial charge in [0.15, 0.2) is 5.78 Å². The molecule has 4 aromatic rings. The summed E-state index contributed by atoms with van der Waals surface area (Å²) in [4.78, 5) is 33.4. The van der Waals surface area contributed by atoms with Crippen LogP contribution in [0.25, 0.3) is 11.0 Å². The van der Waals surface area contributed by atoms with Crippen LogP contribution in [0.5, 0.6) is 0 Å². The van der Waals surface area contributed by atoms with Crippen molar-refractivity contribution in [3.05, 3.63) is 101 Å². The first-order valence-corrected chi connectivity index (χ1v) is 9.15. The smallest absolute Gasteiger partial charge is 0.322 e. The summed E-state index contributed by atoms with van der Waals surface area (Å²) in [7, 11) is 0. The second-order valence-corrected chi connectivity index (χ2v) is 6.70. The number of hydrogen-bond donors (Lipinski definition) is 1. The van der Waals surface area contributed by atoms with Crippen LogP contribution in [0.2, 0.25) is 0 Å². The predicted octanol–water partition coefficient (Wildman–Crippen LogP) is 5.13. The Kier molecular flexibility index (Phi) is 5.21. The normalized spacial score (nSPS) is 11.3. The van der Waals surface area contributed by atoms with Crippen molar-refractivity contribution in [1.29, 1.82) is 0 Å². The van der Waals surface area contributed by atoms with Crippen molar-refractivity contribution in [1.82, 2.24) is 9.97 Å². The van der Waals surface area contributed by atoms with Crippen molar-refractivity contribution in [3.63, 3.8) is 0 Å². The lowest BCUT2D eigenvalue weighted by molar-refractivity contribution is -0.137. The molecule has 31 heavy (non-hydrogen) atoms. The number of nitrogens with one attached hydrogen (secondary N) is 1. The van der Waals surface area contributed by atoms with Gasteiger partial charge in [0.25, 0.3) is 5.91 Å². The van der Waals surface area contributed by atoms with E-state index in [9.17, 15) is 22.8 Å². The zero-order valence-electron chi connectivity index (χ0n) is 15.9. The Balaban J connectivity index is 1.50. The fraction of sp³-hybridized carbons (Fsp3) is 0.0435. The molecule has 0 spiro atoms. The van der Waals surface area contributed by atoms with Gasteiger partial charge in [0.1, 0.15) is 0 Å². The molecular formula is C23H14F3N3O2. The summed E-state index contributed by atoms with van der Waals surface area (Å²) >= 11 is 0. The minimum atomic E-state index is -4.54. The Morgan fingerprint density at radius 3 is 2.13 bits per heavy atom.